The quantitative estimate of drug-likeness (QED) is 0.0633. The largest absolute Gasteiger partial charge is 0.344 e. The van der Waals surface area contributed by atoms with Crippen molar-refractivity contribution < 1.29 is 51.9 Å². The minimum absolute atomic E-state index is 0.0640. The number of hydrogen-bond acceptors (Lipinski definition) is 10. The predicted molar refractivity (Wildman–Crippen MR) is 212 cm³/mol. The molecule has 55 heavy (non-hydrogen) atoms. The fourth-order valence-corrected chi connectivity index (χ4v) is 9.60. The normalized spacial score (nSPS) is 19.6. The zero-order valence-corrected chi connectivity index (χ0v) is 34.3. The van der Waals surface area contributed by atoms with Crippen LogP contribution in [0.15, 0.2) is 87.8 Å². The Kier molecular flexibility index (Phi) is 13.9. The highest BCUT2D eigenvalue weighted by molar-refractivity contribution is 7.86. The van der Waals surface area contributed by atoms with Gasteiger partial charge in [-0.25, -0.2) is 0 Å². The van der Waals surface area contributed by atoms with E-state index in [2.05, 4.69) is 0 Å². The Morgan fingerprint density at radius 1 is 0.691 bits per heavy atom. The summed E-state index contributed by atoms with van der Waals surface area (Å²) in [6.07, 6.45) is 13.4. The van der Waals surface area contributed by atoms with Crippen molar-refractivity contribution in [2.24, 2.45) is 5.73 Å². The lowest BCUT2D eigenvalue weighted by Gasteiger charge is -2.29. The van der Waals surface area contributed by atoms with Gasteiger partial charge in [0.15, 0.2) is 0 Å². The van der Waals surface area contributed by atoms with Crippen molar-refractivity contribution in [2.45, 2.75) is 92.8 Å². The average Bonchev–Trinajstić information content (AvgIpc) is 3.41. The maximum absolute atomic E-state index is 12.2. The van der Waals surface area contributed by atoms with Gasteiger partial charge in [0, 0.05) is 28.8 Å². The highest BCUT2D eigenvalue weighted by Gasteiger charge is 2.42. The zero-order chi connectivity index (χ0) is 41.0. The van der Waals surface area contributed by atoms with Crippen LogP contribution >= 0.6 is 0 Å². The number of rotatable bonds is 19. The van der Waals surface area contributed by atoms with Gasteiger partial charge in [-0.3, -0.25) is 18.2 Å². The zero-order valence-electron chi connectivity index (χ0n) is 31.0. The van der Waals surface area contributed by atoms with Gasteiger partial charge in [-0.15, -0.1) is 0 Å². The monoisotopic (exact) mass is 842 g/mol. The molecule has 0 aromatic heterocycles. The fourth-order valence-electron chi connectivity index (χ4n) is 7.58. The molecule has 0 spiro atoms. The molecule has 0 fully saturated rings. The van der Waals surface area contributed by atoms with Crippen LogP contribution < -0.4 is 10.6 Å². The van der Waals surface area contributed by atoms with E-state index in [1.807, 2.05) is 31.7 Å². The van der Waals surface area contributed by atoms with Gasteiger partial charge in [-0.05, 0) is 103 Å². The third kappa shape index (κ3) is 11.0. The molecular weight excluding hydrogens is 793 g/mol. The maximum atomic E-state index is 12.2. The lowest BCUT2D eigenvalue weighted by atomic mass is 9.74. The number of anilines is 1. The van der Waals surface area contributed by atoms with E-state index in [0.717, 1.165) is 36.8 Å². The lowest BCUT2D eigenvalue weighted by molar-refractivity contribution is 0.475. The van der Waals surface area contributed by atoms with Crippen molar-refractivity contribution in [1.29, 1.82) is 0 Å². The fraction of sp³-hybridized carbons (Fsp3) is 0.459. The Labute approximate surface area is 324 Å². The predicted octanol–water partition coefficient (Wildman–Crippen LogP) is 5.85. The highest BCUT2D eigenvalue weighted by Crippen LogP contribution is 2.52. The number of nitrogens with two attached hydrogens (primary N) is 1. The lowest BCUT2D eigenvalue weighted by Crippen LogP contribution is -2.28. The van der Waals surface area contributed by atoms with Gasteiger partial charge in [0.05, 0.1) is 21.3 Å². The summed E-state index contributed by atoms with van der Waals surface area (Å²) >= 11 is 0. The summed E-state index contributed by atoms with van der Waals surface area (Å²) in [4.78, 5) is 1.28. The van der Waals surface area contributed by atoms with Gasteiger partial charge in [-0.1, -0.05) is 70.4 Å². The molecule has 1 heterocycles. The number of nitrogens with zero attached hydrogens (tertiary/aromatic N) is 1. The molecule has 14 nitrogen and oxygen atoms in total. The highest BCUT2D eigenvalue weighted by atomic mass is 32.2. The Bertz CT molecular complexity index is 2350. The molecule has 0 bridgehead atoms. The number of allylic oxidation sites excluding steroid dienone is 8. The molecule has 2 aromatic carbocycles. The van der Waals surface area contributed by atoms with Gasteiger partial charge in [-0.2, -0.15) is 33.7 Å². The van der Waals surface area contributed by atoms with Gasteiger partial charge in [0.25, 0.3) is 40.5 Å². The molecule has 1 aliphatic heterocycles. The van der Waals surface area contributed by atoms with Crippen molar-refractivity contribution >= 4 is 51.7 Å². The molecule has 1 atom stereocenters. The molecule has 0 amide bonds. The van der Waals surface area contributed by atoms with Crippen LogP contribution in [0.2, 0.25) is 0 Å². The summed E-state index contributed by atoms with van der Waals surface area (Å²) in [6, 6.07) is 8.55. The topological polar surface area (TPSA) is 247 Å². The van der Waals surface area contributed by atoms with E-state index in [9.17, 15) is 51.9 Å². The van der Waals surface area contributed by atoms with E-state index in [1.54, 1.807) is 30.4 Å². The Hall–Kier alpha value is -3.20. The second-order valence-corrected chi connectivity index (χ2v) is 20.6. The molecule has 0 saturated carbocycles. The first-order valence-corrected chi connectivity index (χ1v) is 23.9. The van der Waals surface area contributed by atoms with E-state index in [4.69, 9.17) is 5.73 Å². The number of benzene rings is 2. The average molecular weight is 843 g/mol. The molecule has 0 saturated heterocycles. The molecule has 304 valence electrons. The van der Waals surface area contributed by atoms with Crippen molar-refractivity contribution in [1.82, 2.24) is 0 Å². The first kappa shape index (κ1) is 44.5. The van der Waals surface area contributed by atoms with Crippen LogP contribution in [0.5, 0.6) is 0 Å². The summed E-state index contributed by atoms with van der Waals surface area (Å²) in [7, 11) is -17.5. The van der Waals surface area contributed by atoms with Crippen LogP contribution in [0, 0.1) is 0 Å². The maximum Gasteiger partial charge on any atom is 0.294 e. The van der Waals surface area contributed by atoms with Crippen LogP contribution in [0.1, 0.15) is 88.8 Å². The van der Waals surface area contributed by atoms with Crippen LogP contribution in [-0.4, -0.2) is 76.5 Å². The minimum atomic E-state index is -4.54. The summed E-state index contributed by atoms with van der Waals surface area (Å²) in [5, 5.41) is 0. The van der Waals surface area contributed by atoms with E-state index in [-0.39, 0.29) is 35.6 Å². The van der Waals surface area contributed by atoms with Gasteiger partial charge >= 0.3 is 0 Å². The van der Waals surface area contributed by atoms with Gasteiger partial charge < -0.3 is 10.6 Å². The molecule has 18 heteroatoms. The first-order chi connectivity index (χ1) is 25.4. The number of fused-ring (bicyclic) bond motifs is 2. The van der Waals surface area contributed by atoms with Gasteiger partial charge in [0.1, 0.15) is 0 Å². The Balaban J connectivity index is 1.77. The summed E-state index contributed by atoms with van der Waals surface area (Å²) in [5.41, 5.74) is 9.01. The molecule has 2 aromatic rings. The smallest absolute Gasteiger partial charge is 0.294 e. The van der Waals surface area contributed by atoms with Crippen molar-refractivity contribution in [2.75, 3.05) is 29.5 Å². The van der Waals surface area contributed by atoms with E-state index < -0.39 is 62.8 Å². The molecule has 4 rings (SSSR count). The van der Waals surface area contributed by atoms with E-state index in [0.29, 0.717) is 41.0 Å². The third-order valence-electron chi connectivity index (χ3n) is 10.3. The van der Waals surface area contributed by atoms with Crippen molar-refractivity contribution in [3.8, 4) is 0 Å². The number of hydrogen-bond donors (Lipinski definition) is 5. The van der Waals surface area contributed by atoms with E-state index in [1.165, 1.54) is 30.3 Å². The standard InChI is InChI=1S/C37H50N2O12S4/c1-36(2)33-26-28(55(49,50)51)17-19-34(33)39(22-12-24-53(43,44)45)35(36)15-8-6-7-14-31-29(13-11-23-52(40,41)42)30-18-16-27(54(46,47)48)25-32(30)37(31,3)20-9-4-5-10-21-38/h6-8,14-19,25-26H,4-5,9-13,20-24,38H2,1-3H3,(H,40,41,42)(H,43,44,45)(H,46,47,48)(H,49,50,51)/b8-6+,14-7+,35-15+. The van der Waals surface area contributed by atoms with Crippen LogP contribution in [0.4, 0.5) is 5.69 Å². The molecule has 1 unspecified atom stereocenters. The Morgan fingerprint density at radius 2 is 1.27 bits per heavy atom. The molecule has 1 aliphatic carbocycles. The van der Waals surface area contributed by atoms with E-state index >= 15 is 0 Å². The van der Waals surface area contributed by atoms with Crippen LogP contribution in [0.25, 0.3) is 5.57 Å². The second-order valence-electron chi connectivity index (χ2n) is 14.6. The summed E-state index contributed by atoms with van der Waals surface area (Å²) in [5.74, 6) is -0.963. The van der Waals surface area contributed by atoms with Crippen molar-refractivity contribution in [3.05, 3.63) is 94.7 Å². The first-order valence-electron chi connectivity index (χ1n) is 17.8. The Morgan fingerprint density at radius 3 is 1.87 bits per heavy atom. The van der Waals surface area contributed by atoms with Crippen molar-refractivity contribution in [3.63, 3.8) is 0 Å². The second kappa shape index (κ2) is 17.1. The third-order valence-corrected chi connectivity index (χ3v) is 13.6. The number of unbranched alkanes of at least 4 members (excludes halogenated alkanes) is 3. The SMILES string of the molecule is CC1(CCCCCCN)C(/C=C/C=C/C=C2/N(CCCS(=O)(=O)O)c3ccc(S(=O)(=O)O)cc3C2(C)C)=C(CCCS(=O)(=O)O)c2ccc(S(=O)(=O)O)cc21. The van der Waals surface area contributed by atoms with Crippen LogP contribution in [-0.2, 0) is 51.3 Å². The van der Waals surface area contributed by atoms with Gasteiger partial charge in [0.2, 0.25) is 0 Å². The van der Waals surface area contributed by atoms with Crippen LogP contribution in [0.3, 0.4) is 0 Å². The molecule has 2 aliphatic rings. The molecule has 0 radical (unpaired) electrons. The molecular formula is C37H50N2O12S4. The minimum Gasteiger partial charge on any atom is -0.344 e. The summed E-state index contributed by atoms with van der Waals surface area (Å²) < 4.78 is 133. The summed E-state index contributed by atoms with van der Waals surface area (Å²) in [6.45, 7) is 6.43. The molecule has 6 N–H and O–H groups in total.